The van der Waals surface area contributed by atoms with E-state index in [1.165, 1.54) is 16.7 Å². The standard InChI is InChI=1S/C13H15ClN2O3/c1-9-10(8-14)15-5-4-11(9)19-7-6-16-12(17)2-3-13(16)18/h2-5,17-18H,6-8H2,1H3. The van der Waals surface area contributed by atoms with Crippen LogP contribution in [-0.2, 0) is 12.4 Å². The van der Waals surface area contributed by atoms with Crippen LogP contribution in [-0.4, -0.2) is 26.4 Å². The van der Waals surface area contributed by atoms with Crippen molar-refractivity contribution in [3.05, 3.63) is 35.7 Å². The Kier molecular flexibility index (Phi) is 4.16. The van der Waals surface area contributed by atoms with Gasteiger partial charge in [0.1, 0.15) is 12.4 Å². The van der Waals surface area contributed by atoms with Gasteiger partial charge < -0.3 is 14.9 Å². The zero-order valence-electron chi connectivity index (χ0n) is 10.5. The normalized spacial score (nSPS) is 10.6. The van der Waals surface area contributed by atoms with Crippen LogP contribution < -0.4 is 4.74 Å². The van der Waals surface area contributed by atoms with Gasteiger partial charge in [-0.3, -0.25) is 9.55 Å². The van der Waals surface area contributed by atoms with Crippen molar-refractivity contribution in [2.45, 2.75) is 19.3 Å². The lowest BCUT2D eigenvalue weighted by atomic mass is 10.2. The van der Waals surface area contributed by atoms with E-state index in [1.54, 1.807) is 12.3 Å². The van der Waals surface area contributed by atoms with Crippen molar-refractivity contribution in [1.82, 2.24) is 9.55 Å². The molecular weight excluding hydrogens is 268 g/mol. The number of rotatable bonds is 5. The van der Waals surface area contributed by atoms with Crippen LogP contribution in [0.2, 0.25) is 0 Å². The van der Waals surface area contributed by atoms with E-state index in [0.717, 1.165) is 11.3 Å². The second kappa shape index (κ2) is 5.84. The van der Waals surface area contributed by atoms with Crippen molar-refractivity contribution in [1.29, 1.82) is 0 Å². The molecule has 0 unspecified atom stereocenters. The molecule has 0 spiro atoms. The summed E-state index contributed by atoms with van der Waals surface area (Å²) in [4.78, 5) is 4.15. The number of hydrogen-bond donors (Lipinski definition) is 2. The van der Waals surface area contributed by atoms with Crippen LogP contribution in [0.3, 0.4) is 0 Å². The van der Waals surface area contributed by atoms with Crippen LogP contribution in [0.15, 0.2) is 24.4 Å². The molecule has 2 aromatic rings. The van der Waals surface area contributed by atoms with Crippen molar-refractivity contribution in [2.24, 2.45) is 0 Å². The van der Waals surface area contributed by atoms with Crippen molar-refractivity contribution in [2.75, 3.05) is 6.61 Å². The lowest BCUT2D eigenvalue weighted by Crippen LogP contribution is -2.08. The molecule has 6 heteroatoms. The Hall–Kier alpha value is -1.88. The van der Waals surface area contributed by atoms with E-state index in [9.17, 15) is 10.2 Å². The summed E-state index contributed by atoms with van der Waals surface area (Å²) in [7, 11) is 0. The molecule has 0 aliphatic carbocycles. The molecule has 19 heavy (non-hydrogen) atoms. The Morgan fingerprint density at radius 1 is 1.26 bits per heavy atom. The largest absolute Gasteiger partial charge is 0.494 e. The van der Waals surface area contributed by atoms with Gasteiger partial charge in [-0.2, -0.15) is 0 Å². The Morgan fingerprint density at radius 2 is 1.95 bits per heavy atom. The number of ether oxygens (including phenoxy) is 1. The topological polar surface area (TPSA) is 67.5 Å². The highest BCUT2D eigenvalue weighted by Gasteiger charge is 2.08. The quantitative estimate of drug-likeness (QED) is 0.827. The maximum absolute atomic E-state index is 9.49. The minimum Gasteiger partial charge on any atom is -0.494 e. The van der Waals surface area contributed by atoms with Crippen LogP contribution in [0.1, 0.15) is 11.3 Å². The molecular formula is C13H15ClN2O3. The summed E-state index contributed by atoms with van der Waals surface area (Å²) < 4.78 is 6.98. The van der Waals surface area contributed by atoms with Gasteiger partial charge in [0.05, 0.1) is 18.1 Å². The van der Waals surface area contributed by atoms with E-state index in [0.29, 0.717) is 24.8 Å². The number of aromatic nitrogens is 2. The van der Waals surface area contributed by atoms with E-state index in [2.05, 4.69) is 4.98 Å². The fraction of sp³-hybridized carbons (Fsp3) is 0.308. The molecule has 5 nitrogen and oxygen atoms in total. The summed E-state index contributed by atoms with van der Waals surface area (Å²) in [5.74, 6) is 1.06. The first-order valence-corrected chi connectivity index (χ1v) is 6.37. The highest BCUT2D eigenvalue weighted by atomic mass is 35.5. The summed E-state index contributed by atoms with van der Waals surface area (Å²) in [5, 5.41) is 19.0. The maximum Gasteiger partial charge on any atom is 0.193 e. The predicted octanol–water partition coefficient (Wildman–Crippen LogP) is 2.42. The Balaban J connectivity index is 2.00. The molecule has 0 bridgehead atoms. The lowest BCUT2D eigenvalue weighted by molar-refractivity contribution is 0.273. The summed E-state index contributed by atoms with van der Waals surface area (Å²) >= 11 is 5.77. The third-order valence-corrected chi connectivity index (χ3v) is 3.15. The second-order valence-electron chi connectivity index (χ2n) is 4.06. The van der Waals surface area contributed by atoms with Crippen LogP contribution >= 0.6 is 11.6 Å². The molecule has 0 saturated carbocycles. The second-order valence-corrected chi connectivity index (χ2v) is 4.33. The first-order chi connectivity index (χ1) is 9.13. The van der Waals surface area contributed by atoms with Gasteiger partial charge in [0.25, 0.3) is 0 Å². The zero-order chi connectivity index (χ0) is 13.8. The number of pyridine rings is 1. The van der Waals surface area contributed by atoms with Gasteiger partial charge in [-0.05, 0) is 13.0 Å². The Labute approximate surface area is 116 Å². The van der Waals surface area contributed by atoms with E-state index >= 15 is 0 Å². The maximum atomic E-state index is 9.49. The van der Waals surface area contributed by atoms with Gasteiger partial charge in [-0.1, -0.05) is 0 Å². The summed E-state index contributed by atoms with van der Waals surface area (Å²) in [6.07, 6.45) is 1.64. The van der Waals surface area contributed by atoms with Gasteiger partial charge in [-0.15, -0.1) is 11.6 Å². The number of halogens is 1. The highest BCUT2D eigenvalue weighted by molar-refractivity contribution is 6.17. The minimum atomic E-state index is 0.00833. The van der Waals surface area contributed by atoms with Crippen molar-refractivity contribution in [3.63, 3.8) is 0 Å². The van der Waals surface area contributed by atoms with Crippen molar-refractivity contribution in [3.8, 4) is 17.5 Å². The third-order valence-electron chi connectivity index (χ3n) is 2.89. The van der Waals surface area contributed by atoms with Crippen LogP contribution in [0, 0.1) is 6.92 Å². The van der Waals surface area contributed by atoms with Crippen molar-refractivity contribution >= 4 is 11.6 Å². The molecule has 0 aromatic carbocycles. The Bertz CT molecular complexity index is 550. The van der Waals surface area contributed by atoms with E-state index in [1.807, 2.05) is 6.92 Å². The van der Waals surface area contributed by atoms with Crippen LogP contribution in [0.4, 0.5) is 0 Å². The molecule has 0 saturated heterocycles. The molecule has 2 heterocycles. The van der Waals surface area contributed by atoms with E-state index in [-0.39, 0.29) is 11.8 Å². The van der Waals surface area contributed by atoms with Crippen molar-refractivity contribution < 1.29 is 14.9 Å². The molecule has 0 atom stereocenters. The molecule has 0 fully saturated rings. The monoisotopic (exact) mass is 282 g/mol. The smallest absolute Gasteiger partial charge is 0.193 e. The van der Waals surface area contributed by atoms with Crippen LogP contribution in [0.5, 0.6) is 17.5 Å². The first kappa shape index (κ1) is 13.5. The zero-order valence-corrected chi connectivity index (χ0v) is 11.3. The molecule has 2 aromatic heterocycles. The molecule has 0 amide bonds. The lowest BCUT2D eigenvalue weighted by Gasteiger charge is -2.12. The Morgan fingerprint density at radius 3 is 2.58 bits per heavy atom. The summed E-state index contributed by atoms with van der Waals surface area (Å²) in [5.41, 5.74) is 1.68. The van der Waals surface area contributed by atoms with Gasteiger partial charge in [-0.25, -0.2) is 0 Å². The van der Waals surface area contributed by atoms with Gasteiger partial charge in [0, 0.05) is 23.9 Å². The van der Waals surface area contributed by atoms with Crippen LogP contribution in [0.25, 0.3) is 0 Å². The fourth-order valence-corrected chi connectivity index (χ4v) is 2.04. The summed E-state index contributed by atoms with van der Waals surface area (Å²) in [6, 6.07) is 4.62. The summed E-state index contributed by atoms with van der Waals surface area (Å²) in [6.45, 7) is 2.57. The molecule has 2 N–H and O–H groups in total. The van der Waals surface area contributed by atoms with E-state index < -0.39 is 0 Å². The molecule has 0 aliphatic rings. The van der Waals surface area contributed by atoms with Gasteiger partial charge in [0.2, 0.25) is 0 Å². The predicted molar refractivity (Wildman–Crippen MR) is 71.8 cm³/mol. The number of aromatic hydroxyl groups is 2. The average molecular weight is 283 g/mol. The molecule has 102 valence electrons. The molecule has 2 rings (SSSR count). The van der Waals surface area contributed by atoms with Gasteiger partial charge >= 0.3 is 0 Å². The SMILES string of the molecule is Cc1c(OCCn2c(O)ccc2O)ccnc1CCl. The average Bonchev–Trinajstić information content (AvgIpc) is 2.72. The highest BCUT2D eigenvalue weighted by Crippen LogP contribution is 2.23. The number of nitrogens with zero attached hydrogens (tertiary/aromatic N) is 2. The molecule has 0 aliphatic heterocycles. The number of alkyl halides is 1. The first-order valence-electron chi connectivity index (χ1n) is 5.84. The molecule has 0 radical (unpaired) electrons. The number of hydrogen-bond acceptors (Lipinski definition) is 4. The van der Waals surface area contributed by atoms with Gasteiger partial charge in [0.15, 0.2) is 11.8 Å². The third kappa shape index (κ3) is 2.93. The van der Waals surface area contributed by atoms with E-state index in [4.69, 9.17) is 16.3 Å². The minimum absolute atomic E-state index is 0.00833. The fourth-order valence-electron chi connectivity index (χ4n) is 1.77.